The number of esters is 3. The second-order valence-corrected chi connectivity index (χ2v) is 10.1. The third-order valence-electron chi connectivity index (χ3n) is 7.05. The van der Waals surface area contributed by atoms with Crippen LogP contribution in [0, 0.1) is 6.92 Å². The molecular formula is C32H28N2O9. The fraction of sp³-hybridized carbons (Fsp3) is 0.219. The number of nitrogens with one attached hydrogen (secondary N) is 1. The molecule has 1 aliphatic rings. The monoisotopic (exact) mass is 584 g/mol. The van der Waals surface area contributed by atoms with Crippen LogP contribution in [-0.2, 0) is 18.9 Å². The van der Waals surface area contributed by atoms with Gasteiger partial charge in [0, 0.05) is 11.8 Å². The highest BCUT2D eigenvalue weighted by Gasteiger charge is 2.60. The number of carbonyl (C=O) groups is 3. The lowest BCUT2D eigenvalue weighted by atomic mass is 9.95. The number of ether oxygens (including phenoxy) is 4. The zero-order valence-electron chi connectivity index (χ0n) is 23.3. The Labute approximate surface area is 245 Å². The Balaban J connectivity index is 1.57. The molecular weight excluding hydrogens is 556 g/mol. The molecule has 0 saturated carbocycles. The van der Waals surface area contributed by atoms with E-state index in [1.54, 1.807) is 78.9 Å². The van der Waals surface area contributed by atoms with E-state index >= 15 is 0 Å². The molecule has 1 aromatic heterocycles. The van der Waals surface area contributed by atoms with Crippen LogP contribution in [0.15, 0.2) is 107 Å². The zero-order chi connectivity index (χ0) is 30.6. The number of rotatable bonds is 8. The van der Waals surface area contributed by atoms with Gasteiger partial charge in [0.05, 0.1) is 16.7 Å². The number of hydrogen-bond acceptors (Lipinski definition) is 9. The van der Waals surface area contributed by atoms with Gasteiger partial charge in [-0.15, -0.1) is 0 Å². The van der Waals surface area contributed by atoms with E-state index in [1.165, 1.54) is 32.2 Å². The minimum Gasteiger partial charge on any atom is -0.459 e. The first-order valence-electron chi connectivity index (χ1n) is 13.4. The number of hydrogen-bond donors (Lipinski definition) is 1. The molecule has 1 fully saturated rings. The Morgan fingerprint density at radius 2 is 1.33 bits per heavy atom. The molecule has 4 aromatic rings. The first-order valence-corrected chi connectivity index (χ1v) is 13.4. The van der Waals surface area contributed by atoms with Crippen molar-refractivity contribution in [2.75, 3.05) is 6.61 Å². The Kier molecular flexibility index (Phi) is 8.35. The molecule has 1 aliphatic heterocycles. The van der Waals surface area contributed by atoms with Crippen LogP contribution in [0.2, 0.25) is 0 Å². The molecule has 43 heavy (non-hydrogen) atoms. The van der Waals surface area contributed by atoms with Gasteiger partial charge in [0.2, 0.25) is 0 Å². The quantitative estimate of drug-likeness (QED) is 0.243. The van der Waals surface area contributed by atoms with Crippen molar-refractivity contribution in [2.24, 2.45) is 0 Å². The van der Waals surface area contributed by atoms with Crippen LogP contribution >= 0.6 is 0 Å². The van der Waals surface area contributed by atoms with E-state index in [9.17, 15) is 24.0 Å². The Bertz CT molecular complexity index is 1740. The smallest absolute Gasteiger partial charge is 0.338 e. The molecule has 5 rings (SSSR count). The molecule has 11 nitrogen and oxygen atoms in total. The molecule has 1 N–H and O–H groups in total. The number of benzene rings is 3. The standard InChI is InChI=1S/C32H28N2O9/c1-20-18-34(31(39)33-26(20)35)30-32(2,43-29(38)23-16-10-5-11-17-23)25(42-28(37)22-14-8-4-9-15-22)24(41-30)19-40-27(36)21-12-6-3-7-13-21/h3-18,24-25,30H,19H2,1-2H3,(H,33,35,39)/t24?,25?,30?,32-/m1/s1. The molecule has 4 atom stereocenters. The van der Waals surface area contributed by atoms with Crippen LogP contribution in [0.1, 0.15) is 49.8 Å². The summed E-state index contributed by atoms with van der Waals surface area (Å²) >= 11 is 0. The topological polar surface area (TPSA) is 143 Å². The van der Waals surface area contributed by atoms with E-state index in [0.29, 0.717) is 0 Å². The number of nitrogens with zero attached hydrogens (tertiary/aromatic N) is 1. The molecule has 3 unspecified atom stereocenters. The SMILES string of the molecule is Cc1cn(C2OC(COC(=O)c3ccccc3)C(OC(=O)c3ccccc3)[C@@]2(C)OC(=O)c2ccccc2)c(=O)[nH]c1=O. The van der Waals surface area contributed by atoms with Crippen molar-refractivity contribution < 1.29 is 33.3 Å². The summed E-state index contributed by atoms with van der Waals surface area (Å²) < 4.78 is 24.7. The number of H-pyrrole nitrogens is 1. The lowest BCUT2D eigenvalue weighted by Gasteiger charge is -2.34. The van der Waals surface area contributed by atoms with Crippen LogP contribution in [-0.4, -0.2) is 51.9 Å². The van der Waals surface area contributed by atoms with Gasteiger partial charge in [0.25, 0.3) is 5.56 Å². The normalized spacial score (nSPS) is 21.1. The summed E-state index contributed by atoms with van der Waals surface area (Å²) in [5.41, 5.74) is -2.45. The maximum absolute atomic E-state index is 13.4. The highest BCUT2D eigenvalue weighted by atomic mass is 16.7. The molecule has 0 bridgehead atoms. The predicted octanol–water partition coefficient (Wildman–Crippen LogP) is 3.44. The van der Waals surface area contributed by atoms with Crippen LogP contribution in [0.25, 0.3) is 0 Å². The van der Waals surface area contributed by atoms with Crippen LogP contribution in [0.3, 0.4) is 0 Å². The van der Waals surface area contributed by atoms with Gasteiger partial charge in [-0.05, 0) is 50.2 Å². The summed E-state index contributed by atoms with van der Waals surface area (Å²) in [6.07, 6.45) is -2.72. The average Bonchev–Trinajstić information content (AvgIpc) is 3.28. The summed E-state index contributed by atoms with van der Waals surface area (Å²) in [6.45, 7) is 2.52. The molecule has 220 valence electrons. The second kappa shape index (κ2) is 12.3. The molecule has 0 aliphatic carbocycles. The highest BCUT2D eigenvalue weighted by molar-refractivity contribution is 5.91. The van der Waals surface area contributed by atoms with E-state index in [4.69, 9.17) is 18.9 Å². The number of aryl methyl sites for hydroxylation is 1. The van der Waals surface area contributed by atoms with Gasteiger partial charge >= 0.3 is 23.6 Å². The minimum atomic E-state index is -1.85. The van der Waals surface area contributed by atoms with Gasteiger partial charge in [-0.25, -0.2) is 19.2 Å². The maximum Gasteiger partial charge on any atom is 0.338 e. The Morgan fingerprint density at radius 3 is 1.88 bits per heavy atom. The lowest BCUT2D eigenvalue weighted by Crippen LogP contribution is -2.52. The van der Waals surface area contributed by atoms with Crippen molar-refractivity contribution in [3.05, 3.63) is 140 Å². The van der Waals surface area contributed by atoms with Gasteiger partial charge in [-0.1, -0.05) is 54.6 Å². The third kappa shape index (κ3) is 6.16. The van der Waals surface area contributed by atoms with Crippen molar-refractivity contribution in [2.45, 2.75) is 37.9 Å². The van der Waals surface area contributed by atoms with E-state index in [0.717, 1.165) is 4.57 Å². The first kappa shape index (κ1) is 29.2. The summed E-state index contributed by atoms with van der Waals surface area (Å²) in [7, 11) is 0. The molecule has 2 heterocycles. The van der Waals surface area contributed by atoms with Gasteiger partial charge < -0.3 is 18.9 Å². The van der Waals surface area contributed by atoms with Crippen LogP contribution < -0.4 is 11.2 Å². The van der Waals surface area contributed by atoms with Crippen molar-refractivity contribution in [3.8, 4) is 0 Å². The molecule has 0 radical (unpaired) electrons. The number of aromatic nitrogens is 2. The number of carbonyl (C=O) groups excluding carboxylic acids is 3. The summed E-state index contributed by atoms with van der Waals surface area (Å²) in [5.74, 6) is -2.21. The van der Waals surface area contributed by atoms with Gasteiger partial charge in [0.15, 0.2) is 17.9 Å². The molecule has 0 amide bonds. The van der Waals surface area contributed by atoms with Gasteiger partial charge in [-0.3, -0.25) is 14.3 Å². The Hall–Kier alpha value is -5.29. The fourth-order valence-corrected chi connectivity index (χ4v) is 4.82. The van der Waals surface area contributed by atoms with E-state index in [2.05, 4.69) is 4.98 Å². The third-order valence-corrected chi connectivity index (χ3v) is 7.05. The van der Waals surface area contributed by atoms with Gasteiger partial charge in [-0.2, -0.15) is 0 Å². The summed E-state index contributed by atoms with van der Waals surface area (Å²) in [6, 6.07) is 24.5. The van der Waals surface area contributed by atoms with Crippen molar-refractivity contribution >= 4 is 17.9 Å². The fourth-order valence-electron chi connectivity index (χ4n) is 4.82. The first-order chi connectivity index (χ1) is 20.7. The maximum atomic E-state index is 13.4. The van der Waals surface area contributed by atoms with Crippen molar-refractivity contribution in [3.63, 3.8) is 0 Å². The summed E-state index contributed by atoms with van der Waals surface area (Å²) in [4.78, 5) is 66.9. The molecule has 0 spiro atoms. The minimum absolute atomic E-state index is 0.178. The van der Waals surface area contributed by atoms with E-state index in [-0.39, 0.29) is 22.3 Å². The lowest BCUT2D eigenvalue weighted by molar-refractivity contribution is -0.111. The van der Waals surface area contributed by atoms with E-state index < -0.39 is 59.8 Å². The van der Waals surface area contributed by atoms with E-state index in [1.807, 2.05) is 0 Å². The molecule has 3 aromatic carbocycles. The predicted molar refractivity (Wildman–Crippen MR) is 153 cm³/mol. The zero-order valence-corrected chi connectivity index (χ0v) is 23.3. The van der Waals surface area contributed by atoms with Crippen LogP contribution in [0.5, 0.6) is 0 Å². The second-order valence-electron chi connectivity index (χ2n) is 10.1. The molecule has 11 heteroatoms. The average molecular weight is 585 g/mol. The number of aromatic amines is 1. The van der Waals surface area contributed by atoms with Crippen molar-refractivity contribution in [1.82, 2.24) is 9.55 Å². The van der Waals surface area contributed by atoms with Gasteiger partial charge in [0.1, 0.15) is 12.7 Å². The Morgan fingerprint density at radius 1 is 0.814 bits per heavy atom. The van der Waals surface area contributed by atoms with Crippen molar-refractivity contribution in [1.29, 1.82) is 0 Å². The largest absolute Gasteiger partial charge is 0.459 e. The highest BCUT2D eigenvalue weighted by Crippen LogP contribution is 2.43. The van der Waals surface area contributed by atoms with Crippen LogP contribution in [0.4, 0.5) is 0 Å². The summed E-state index contributed by atoms with van der Waals surface area (Å²) in [5, 5.41) is 0. The molecule has 1 saturated heterocycles.